The number of likely N-dealkylation sites (tertiary alicyclic amines) is 1. The van der Waals surface area contributed by atoms with Crippen molar-refractivity contribution in [3.05, 3.63) is 28.7 Å². The Morgan fingerprint density at radius 1 is 1.33 bits per heavy atom. The highest BCUT2D eigenvalue weighted by molar-refractivity contribution is 9.10. The van der Waals surface area contributed by atoms with Gasteiger partial charge >= 0.3 is 5.97 Å². The van der Waals surface area contributed by atoms with Gasteiger partial charge in [-0.05, 0) is 24.3 Å². The van der Waals surface area contributed by atoms with E-state index in [1.54, 1.807) is 4.90 Å². The van der Waals surface area contributed by atoms with Crippen LogP contribution < -0.4 is 0 Å². The Morgan fingerprint density at radius 2 is 1.94 bits per heavy atom. The van der Waals surface area contributed by atoms with Crippen LogP contribution in [0.4, 0.5) is 0 Å². The Hall–Kier alpha value is -1.01. The molecule has 1 heterocycles. The summed E-state index contributed by atoms with van der Waals surface area (Å²) in [5.41, 5.74) is 0. The van der Waals surface area contributed by atoms with Crippen LogP contribution in [-0.4, -0.2) is 40.7 Å². The minimum Gasteiger partial charge on any atom is -0.481 e. The van der Waals surface area contributed by atoms with Crippen LogP contribution >= 0.6 is 27.7 Å². The van der Waals surface area contributed by atoms with Crippen LogP contribution in [0.3, 0.4) is 0 Å². The number of amides is 1. The van der Waals surface area contributed by atoms with Gasteiger partial charge in [-0.3, -0.25) is 9.59 Å². The van der Waals surface area contributed by atoms with Gasteiger partial charge in [0, 0.05) is 22.5 Å². The predicted octanol–water partition coefficient (Wildman–Crippen LogP) is 2.08. The average Bonchev–Trinajstić information content (AvgIpc) is 2.25. The summed E-state index contributed by atoms with van der Waals surface area (Å²) in [6.07, 6.45) is 0. The molecule has 0 atom stereocenters. The Kier molecular flexibility index (Phi) is 4.29. The molecule has 1 amide bonds. The van der Waals surface area contributed by atoms with Gasteiger partial charge in [0.25, 0.3) is 0 Å². The van der Waals surface area contributed by atoms with Gasteiger partial charge in [0.2, 0.25) is 5.91 Å². The van der Waals surface area contributed by atoms with Crippen LogP contribution in [0, 0.1) is 5.92 Å². The van der Waals surface area contributed by atoms with Crippen LogP contribution in [0.15, 0.2) is 33.6 Å². The fraction of sp³-hybridized carbons (Fsp3) is 0.333. The molecule has 1 aromatic rings. The van der Waals surface area contributed by atoms with Gasteiger partial charge in [-0.2, -0.15) is 0 Å². The molecule has 0 aliphatic carbocycles. The number of aliphatic carboxylic acids is 1. The number of carboxylic acid groups (broad SMARTS) is 1. The lowest BCUT2D eigenvalue weighted by Gasteiger charge is -2.36. The smallest absolute Gasteiger partial charge is 0.310 e. The molecule has 6 heteroatoms. The summed E-state index contributed by atoms with van der Waals surface area (Å²) >= 11 is 4.81. The third kappa shape index (κ3) is 3.26. The van der Waals surface area contributed by atoms with Gasteiger partial charge in [0.1, 0.15) is 0 Å². The molecule has 0 unspecified atom stereocenters. The van der Waals surface area contributed by atoms with Crippen molar-refractivity contribution in [2.75, 3.05) is 18.8 Å². The molecule has 18 heavy (non-hydrogen) atoms. The maximum absolute atomic E-state index is 11.7. The molecule has 0 radical (unpaired) electrons. The van der Waals surface area contributed by atoms with Crippen molar-refractivity contribution >= 4 is 39.6 Å². The highest BCUT2D eigenvalue weighted by atomic mass is 79.9. The molecule has 0 bridgehead atoms. The van der Waals surface area contributed by atoms with Crippen LogP contribution in [0.2, 0.25) is 0 Å². The number of carbonyl (C=O) groups is 2. The Labute approximate surface area is 117 Å². The number of carboxylic acids is 1. The second kappa shape index (κ2) is 5.75. The van der Waals surface area contributed by atoms with E-state index in [1.807, 2.05) is 24.3 Å². The molecule has 4 nitrogen and oxygen atoms in total. The molecule has 0 spiro atoms. The fourth-order valence-corrected chi connectivity index (χ4v) is 2.67. The first-order chi connectivity index (χ1) is 8.56. The number of hydrogen-bond acceptors (Lipinski definition) is 3. The lowest BCUT2D eigenvalue weighted by atomic mass is 10.0. The topological polar surface area (TPSA) is 57.6 Å². The van der Waals surface area contributed by atoms with Gasteiger partial charge in [-0.15, -0.1) is 11.8 Å². The molecule has 1 aromatic carbocycles. The van der Waals surface area contributed by atoms with Gasteiger partial charge in [-0.1, -0.05) is 15.9 Å². The van der Waals surface area contributed by atoms with E-state index >= 15 is 0 Å². The third-order valence-electron chi connectivity index (χ3n) is 2.76. The summed E-state index contributed by atoms with van der Waals surface area (Å²) in [7, 11) is 0. The summed E-state index contributed by atoms with van der Waals surface area (Å²) in [5, 5.41) is 8.72. The second-order valence-corrected chi connectivity index (χ2v) is 6.04. The maximum Gasteiger partial charge on any atom is 0.310 e. The quantitative estimate of drug-likeness (QED) is 0.859. The summed E-state index contributed by atoms with van der Waals surface area (Å²) in [6, 6.07) is 7.74. The number of thioether (sulfide) groups is 1. The van der Waals surface area contributed by atoms with E-state index < -0.39 is 5.97 Å². The molecule has 1 aliphatic heterocycles. The van der Waals surface area contributed by atoms with Crippen LogP contribution in [0.5, 0.6) is 0 Å². The van der Waals surface area contributed by atoms with Gasteiger partial charge < -0.3 is 10.0 Å². The van der Waals surface area contributed by atoms with Crippen molar-refractivity contribution in [2.24, 2.45) is 5.92 Å². The molecule has 1 fully saturated rings. The number of hydrogen-bond donors (Lipinski definition) is 1. The van der Waals surface area contributed by atoms with Crippen LogP contribution in [0.1, 0.15) is 0 Å². The van der Waals surface area contributed by atoms with Gasteiger partial charge in [0.15, 0.2) is 0 Å². The lowest BCUT2D eigenvalue weighted by molar-refractivity contribution is -0.151. The minimum atomic E-state index is -0.820. The van der Waals surface area contributed by atoms with Crippen molar-refractivity contribution in [3.8, 4) is 0 Å². The zero-order chi connectivity index (χ0) is 13.1. The molecule has 1 aliphatic rings. The van der Waals surface area contributed by atoms with E-state index in [9.17, 15) is 9.59 Å². The van der Waals surface area contributed by atoms with Crippen molar-refractivity contribution in [3.63, 3.8) is 0 Å². The molecular formula is C12H12BrNO3S. The fourth-order valence-electron chi connectivity index (χ4n) is 1.61. The molecule has 1 saturated heterocycles. The molecule has 0 aromatic heterocycles. The second-order valence-electron chi connectivity index (χ2n) is 4.08. The molecule has 1 N–H and O–H groups in total. The van der Waals surface area contributed by atoms with Crippen molar-refractivity contribution in [1.29, 1.82) is 0 Å². The Bertz CT molecular complexity index is 457. The zero-order valence-electron chi connectivity index (χ0n) is 9.51. The summed E-state index contributed by atoms with van der Waals surface area (Å²) in [5.74, 6) is -0.847. The number of benzene rings is 1. The lowest BCUT2D eigenvalue weighted by Crippen LogP contribution is -2.53. The van der Waals surface area contributed by atoms with E-state index in [1.165, 1.54) is 11.8 Å². The molecule has 2 rings (SSSR count). The monoisotopic (exact) mass is 329 g/mol. The summed E-state index contributed by atoms with van der Waals surface area (Å²) in [6.45, 7) is 0.685. The van der Waals surface area contributed by atoms with Crippen molar-refractivity contribution in [2.45, 2.75) is 4.90 Å². The summed E-state index contributed by atoms with van der Waals surface area (Å²) < 4.78 is 1.00. The Morgan fingerprint density at radius 3 is 2.50 bits per heavy atom. The zero-order valence-corrected chi connectivity index (χ0v) is 11.9. The average molecular weight is 330 g/mol. The molecular weight excluding hydrogens is 318 g/mol. The predicted molar refractivity (Wildman–Crippen MR) is 72.6 cm³/mol. The number of halogens is 1. The summed E-state index contributed by atoms with van der Waals surface area (Å²) in [4.78, 5) is 25.0. The number of carbonyl (C=O) groups excluding carboxylic acids is 1. The third-order valence-corrected chi connectivity index (χ3v) is 4.28. The van der Waals surface area contributed by atoms with E-state index in [2.05, 4.69) is 15.9 Å². The van der Waals surface area contributed by atoms with Crippen LogP contribution in [0.25, 0.3) is 0 Å². The first-order valence-corrected chi connectivity index (χ1v) is 7.23. The first-order valence-electron chi connectivity index (χ1n) is 5.45. The standard InChI is InChI=1S/C12H12BrNO3S/c13-9-1-3-10(4-2-9)18-7-11(15)14-5-8(6-14)12(16)17/h1-4,8H,5-7H2,(H,16,17). The van der Waals surface area contributed by atoms with E-state index in [4.69, 9.17) is 5.11 Å². The van der Waals surface area contributed by atoms with Gasteiger partial charge in [0.05, 0.1) is 11.7 Å². The van der Waals surface area contributed by atoms with Crippen LogP contribution in [-0.2, 0) is 9.59 Å². The van der Waals surface area contributed by atoms with Gasteiger partial charge in [-0.25, -0.2) is 0 Å². The van der Waals surface area contributed by atoms with E-state index in [-0.39, 0.29) is 11.8 Å². The normalized spacial score (nSPS) is 15.3. The first kappa shape index (κ1) is 13.4. The highest BCUT2D eigenvalue weighted by Crippen LogP contribution is 2.23. The SMILES string of the molecule is O=C(O)C1CN(C(=O)CSc2ccc(Br)cc2)C1. The number of nitrogens with zero attached hydrogens (tertiary/aromatic N) is 1. The Balaban J connectivity index is 1.76. The van der Waals surface area contributed by atoms with Crippen molar-refractivity contribution < 1.29 is 14.7 Å². The molecule has 0 saturated carbocycles. The largest absolute Gasteiger partial charge is 0.481 e. The van der Waals surface area contributed by atoms with Crippen molar-refractivity contribution in [1.82, 2.24) is 4.90 Å². The minimum absolute atomic E-state index is 0.000388. The molecule has 96 valence electrons. The number of rotatable bonds is 4. The highest BCUT2D eigenvalue weighted by Gasteiger charge is 2.35. The van der Waals surface area contributed by atoms with E-state index in [0.29, 0.717) is 18.8 Å². The van der Waals surface area contributed by atoms with E-state index in [0.717, 1.165) is 9.37 Å². The maximum atomic E-state index is 11.7.